The average molecular weight is 299 g/mol. The van der Waals surface area contributed by atoms with Gasteiger partial charge in [0.15, 0.2) is 0 Å². The third-order valence-electron chi connectivity index (χ3n) is 2.15. The minimum Gasteiger partial charge on any atom is -0.376 e. The van der Waals surface area contributed by atoms with Gasteiger partial charge < -0.3 is 10.6 Å². The summed E-state index contributed by atoms with van der Waals surface area (Å²) in [4.78, 5) is 11.6. The molecule has 1 aromatic carbocycles. The second-order valence-corrected chi connectivity index (χ2v) is 6.03. The zero-order valence-electron chi connectivity index (χ0n) is 10.7. The predicted molar refractivity (Wildman–Crippen MR) is 75.3 cm³/mol. The first-order valence-electron chi connectivity index (χ1n) is 5.59. The van der Waals surface area contributed by atoms with Crippen LogP contribution in [-0.2, 0) is 4.79 Å². The Bertz CT molecular complexity index is 410. The lowest BCUT2D eigenvalue weighted by Gasteiger charge is -2.21. The number of aryl methyl sites for hydroxylation is 1. The SMILES string of the molecule is Cc1ccc(Br)cc1NCC(=O)NC(C)(C)C. The topological polar surface area (TPSA) is 41.1 Å². The van der Waals surface area contributed by atoms with Crippen LogP contribution in [0, 0.1) is 6.92 Å². The van der Waals surface area contributed by atoms with Crippen molar-refractivity contribution >= 4 is 27.5 Å². The fraction of sp³-hybridized carbons (Fsp3) is 0.462. The monoisotopic (exact) mass is 298 g/mol. The second kappa shape index (κ2) is 5.54. The van der Waals surface area contributed by atoms with Crippen LogP contribution < -0.4 is 10.6 Å². The summed E-state index contributed by atoms with van der Waals surface area (Å²) in [5, 5.41) is 6.04. The van der Waals surface area contributed by atoms with Gasteiger partial charge in [0.05, 0.1) is 6.54 Å². The minimum absolute atomic E-state index is 0.00289. The molecule has 1 rings (SSSR count). The first-order chi connectivity index (χ1) is 7.78. The van der Waals surface area contributed by atoms with E-state index in [1.807, 2.05) is 45.9 Å². The summed E-state index contributed by atoms with van der Waals surface area (Å²) in [6.45, 7) is 8.20. The van der Waals surface area contributed by atoms with Crippen molar-refractivity contribution < 1.29 is 4.79 Å². The highest BCUT2D eigenvalue weighted by Gasteiger charge is 2.13. The number of benzene rings is 1. The van der Waals surface area contributed by atoms with Crippen molar-refractivity contribution in [2.45, 2.75) is 33.2 Å². The summed E-state index contributed by atoms with van der Waals surface area (Å²) in [5.41, 5.74) is 1.91. The van der Waals surface area contributed by atoms with Gasteiger partial charge in [-0.25, -0.2) is 0 Å². The number of hydrogen-bond donors (Lipinski definition) is 2. The number of nitrogens with one attached hydrogen (secondary N) is 2. The second-order valence-electron chi connectivity index (χ2n) is 5.11. The van der Waals surface area contributed by atoms with Crippen LogP contribution in [0.5, 0.6) is 0 Å². The fourth-order valence-corrected chi connectivity index (χ4v) is 1.78. The summed E-state index contributed by atoms with van der Waals surface area (Å²) in [6, 6.07) is 5.96. The van der Waals surface area contributed by atoms with Gasteiger partial charge in [-0.1, -0.05) is 22.0 Å². The molecule has 0 unspecified atom stereocenters. The first kappa shape index (κ1) is 14.0. The Morgan fingerprint density at radius 1 is 1.35 bits per heavy atom. The third-order valence-corrected chi connectivity index (χ3v) is 2.65. The van der Waals surface area contributed by atoms with Gasteiger partial charge in [-0.15, -0.1) is 0 Å². The molecule has 2 N–H and O–H groups in total. The Kier molecular flexibility index (Phi) is 4.57. The fourth-order valence-electron chi connectivity index (χ4n) is 1.42. The van der Waals surface area contributed by atoms with Crippen molar-refractivity contribution in [3.8, 4) is 0 Å². The van der Waals surface area contributed by atoms with Gasteiger partial charge in [0.2, 0.25) is 5.91 Å². The highest BCUT2D eigenvalue weighted by Crippen LogP contribution is 2.20. The van der Waals surface area contributed by atoms with Crippen LogP contribution in [0.25, 0.3) is 0 Å². The average Bonchev–Trinajstić information content (AvgIpc) is 2.17. The van der Waals surface area contributed by atoms with Gasteiger partial charge >= 0.3 is 0 Å². The van der Waals surface area contributed by atoms with Crippen molar-refractivity contribution in [3.63, 3.8) is 0 Å². The highest BCUT2D eigenvalue weighted by atomic mass is 79.9. The normalized spacial score (nSPS) is 11.1. The molecular formula is C13H19BrN2O. The van der Waals surface area contributed by atoms with Crippen LogP contribution >= 0.6 is 15.9 Å². The maximum absolute atomic E-state index is 11.6. The molecule has 0 aliphatic carbocycles. The molecule has 0 aliphatic heterocycles. The molecule has 1 amide bonds. The summed E-state index contributed by atoms with van der Waals surface area (Å²) in [7, 11) is 0. The van der Waals surface area contributed by atoms with Gasteiger partial charge in [0, 0.05) is 15.7 Å². The van der Waals surface area contributed by atoms with E-state index in [0.29, 0.717) is 0 Å². The van der Waals surface area contributed by atoms with Crippen LogP contribution in [0.15, 0.2) is 22.7 Å². The van der Waals surface area contributed by atoms with Crippen molar-refractivity contribution in [1.82, 2.24) is 5.32 Å². The van der Waals surface area contributed by atoms with E-state index in [-0.39, 0.29) is 18.0 Å². The molecule has 94 valence electrons. The number of amides is 1. The molecule has 4 heteroatoms. The largest absolute Gasteiger partial charge is 0.376 e. The molecule has 0 saturated carbocycles. The standard InChI is InChI=1S/C13H19BrN2O/c1-9-5-6-10(14)7-11(9)15-8-12(17)16-13(2,3)4/h5-7,15H,8H2,1-4H3,(H,16,17). The molecule has 0 atom stereocenters. The van der Waals surface area contributed by atoms with E-state index in [1.54, 1.807) is 0 Å². The van der Waals surface area contributed by atoms with Crippen molar-refractivity contribution in [2.24, 2.45) is 0 Å². The summed E-state index contributed by atoms with van der Waals surface area (Å²) in [5.74, 6) is -0.00289. The maximum atomic E-state index is 11.6. The first-order valence-corrected chi connectivity index (χ1v) is 6.38. The van der Waals surface area contributed by atoms with Crippen molar-refractivity contribution in [3.05, 3.63) is 28.2 Å². The van der Waals surface area contributed by atoms with Gasteiger partial charge in [-0.2, -0.15) is 0 Å². The number of carbonyl (C=O) groups excluding carboxylic acids is 1. The molecular weight excluding hydrogens is 280 g/mol. The van der Waals surface area contributed by atoms with Crippen LogP contribution in [0.1, 0.15) is 26.3 Å². The zero-order chi connectivity index (χ0) is 13.1. The molecule has 0 aromatic heterocycles. The number of anilines is 1. The zero-order valence-corrected chi connectivity index (χ0v) is 12.3. The van der Waals surface area contributed by atoms with Crippen LogP contribution in [0.3, 0.4) is 0 Å². The van der Waals surface area contributed by atoms with Crippen LogP contribution in [0.2, 0.25) is 0 Å². The number of carbonyl (C=O) groups is 1. The molecule has 0 radical (unpaired) electrons. The number of hydrogen-bond acceptors (Lipinski definition) is 2. The smallest absolute Gasteiger partial charge is 0.239 e. The lowest BCUT2D eigenvalue weighted by Crippen LogP contribution is -2.43. The van der Waals surface area contributed by atoms with Crippen molar-refractivity contribution in [1.29, 1.82) is 0 Å². The van der Waals surface area contributed by atoms with Gasteiger partial charge in [-0.05, 0) is 45.4 Å². The Balaban J connectivity index is 2.56. The maximum Gasteiger partial charge on any atom is 0.239 e. The molecule has 0 heterocycles. The quantitative estimate of drug-likeness (QED) is 0.900. The van der Waals surface area contributed by atoms with Gasteiger partial charge in [0.25, 0.3) is 0 Å². The van der Waals surface area contributed by atoms with E-state index in [9.17, 15) is 4.79 Å². The molecule has 1 aromatic rings. The Morgan fingerprint density at radius 2 is 2.00 bits per heavy atom. The Hall–Kier alpha value is -1.03. The van der Waals surface area contributed by atoms with E-state index in [2.05, 4.69) is 26.6 Å². The molecule has 17 heavy (non-hydrogen) atoms. The number of rotatable bonds is 3. The third kappa shape index (κ3) is 5.22. The van der Waals surface area contributed by atoms with E-state index >= 15 is 0 Å². The molecule has 0 saturated heterocycles. The lowest BCUT2D eigenvalue weighted by atomic mass is 10.1. The molecule has 3 nitrogen and oxygen atoms in total. The van der Waals surface area contributed by atoms with E-state index < -0.39 is 0 Å². The Labute approximate surface area is 111 Å². The predicted octanol–water partition coefficient (Wildman–Crippen LogP) is 3.08. The van der Waals surface area contributed by atoms with E-state index in [1.165, 1.54) is 0 Å². The highest BCUT2D eigenvalue weighted by molar-refractivity contribution is 9.10. The van der Waals surface area contributed by atoms with Crippen LogP contribution in [-0.4, -0.2) is 18.0 Å². The van der Waals surface area contributed by atoms with Crippen molar-refractivity contribution in [2.75, 3.05) is 11.9 Å². The van der Waals surface area contributed by atoms with Gasteiger partial charge in [-0.3, -0.25) is 4.79 Å². The molecule has 0 fully saturated rings. The summed E-state index contributed by atoms with van der Waals surface area (Å²) in [6.07, 6.45) is 0. The number of halogens is 1. The Morgan fingerprint density at radius 3 is 2.59 bits per heavy atom. The minimum atomic E-state index is -0.189. The van der Waals surface area contributed by atoms with Gasteiger partial charge in [0.1, 0.15) is 0 Å². The van der Waals surface area contributed by atoms with E-state index in [4.69, 9.17) is 0 Å². The summed E-state index contributed by atoms with van der Waals surface area (Å²) >= 11 is 3.41. The molecule has 0 bridgehead atoms. The lowest BCUT2D eigenvalue weighted by molar-refractivity contribution is -0.120. The summed E-state index contributed by atoms with van der Waals surface area (Å²) < 4.78 is 1.00. The molecule has 0 spiro atoms. The van der Waals surface area contributed by atoms with Crippen LogP contribution in [0.4, 0.5) is 5.69 Å². The van der Waals surface area contributed by atoms with E-state index in [0.717, 1.165) is 15.7 Å². The molecule has 0 aliphatic rings.